The number of hydrogen-bond acceptors (Lipinski definition) is 4. The summed E-state index contributed by atoms with van der Waals surface area (Å²) in [5.41, 5.74) is -0.0164. The van der Waals surface area contributed by atoms with Crippen LogP contribution in [0.25, 0.3) is 0 Å². The van der Waals surface area contributed by atoms with Gasteiger partial charge in [0.15, 0.2) is 0 Å². The van der Waals surface area contributed by atoms with Gasteiger partial charge in [0.25, 0.3) is 0 Å². The normalized spacial score (nSPS) is 11.0. The molecule has 0 spiro atoms. The largest absolute Gasteiger partial charge is 0.467 e. The number of amides is 1. The molecule has 5 heteroatoms. The highest BCUT2D eigenvalue weighted by Gasteiger charge is 2.36. The van der Waals surface area contributed by atoms with Crippen molar-refractivity contribution in [2.24, 2.45) is 0 Å². The minimum Gasteiger partial charge on any atom is -0.467 e. The van der Waals surface area contributed by atoms with Crippen molar-refractivity contribution in [3.05, 3.63) is 35.9 Å². The fourth-order valence-corrected chi connectivity index (χ4v) is 1.63. The molecule has 1 aromatic carbocycles. The minimum absolute atomic E-state index is 0.0776. The van der Waals surface area contributed by atoms with Gasteiger partial charge < -0.3 is 14.4 Å². The number of esters is 1. The summed E-state index contributed by atoms with van der Waals surface area (Å²) < 4.78 is 10.1. The molecule has 20 heavy (non-hydrogen) atoms. The smallest absolute Gasteiger partial charge is 0.331 e. The van der Waals surface area contributed by atoms with Gasteiger partial charge in [-0.2, -0.15) is 0 Å². The third-order valence-corrected chi connectivity index (χ3v) is 3.23. The molecular weight excluding hydrogens is 258 g/mol. The van der Waals surface area contributed by atoms with Gasteiger partial charge in [0, 0.05) is 7.05 Å². The molecule has 5 nitrogen and oxygen atoms in total. The van der Waals surface area contributed by atoms with Crippen LogP contribution in [0.4, 0.5) is 0 Å². The van der Waals surface area contributed by atoms with Gasteiger partial charge in [-0.25, -0.2) is 4.79 Å². The van der Waals surface area contributed by atoms with Crippen LogP contribution in [0.3, 0.4) is 0 Å². The molecule has 0 heterocycles. The molecular formula is C15H21NO4. The SMILES string of the molecule is COC(=O)C(C)(C)N(C)C(=O)COCc1ccccc1. The fourth-order valence-electron chi connectivity index (χ4n) is 1.63. The van der Waals surface area contributed by atoms with Crippen LogP contribution >= 0.6 is 0 Å². The van der Waals surface area contributed by atoms with E-state index in [4.69, 9.17) is 4.74 Å². The zero-order valence-electron chi connectivity index (χ0n) is 12.4. The first-order chi connectivity index (χ1) is 9.39. The van der Waals surface area contributed by atoms with Crippen LogP contribution in [-0.2, 0) is 25.7 Å². The van der Waals surface area contributed by atoms with E-state index in [9.17, 15) is 9.59 Å². The van der Waals surface area contributed by atoms with E-state index in [0.29, 0.717) is 6.61 Å². The van der Waals surface area contributed by atoms with Crippen LogP contribution in [0, 0.1) is 0 Å². The zero-order chi connectivity index (χ0) is 15.2. The van der Waals surface area contributed by atoms with Crippen molar-refractivity contribution in [1.29, 1.82) is 0 Å². The molecule has 0 atom stereocenters. The lowest BCUT2D eigenvalue weighted by molar-refractivity contribution is -0.159. The van der Waals surface area contributed by atoms with E-state index in [-0.39, 0.29) is 12.5 Å². The Morgan fingerprint density at radius 3 is 2.35 bits per heavy atom. The first-order valence-electron chi connectivity index (χ1n) is 6.36. The maximum atomic E-state index is 12.0. The molecule has 1 rings (SSSR count). The van der Waals surface area contributed by atoms with Gasteiger partial charge in [-0.1, -0.05) is 30.3 Å². The lowest BCUT2D eigenvalue weighted by Gasteiger charge is -2.32. The van der Waals surface area contributed by atoms with Crippen LogP contribution in [0.15, 0.2) is 30.3 Å². The molecule has 0 bridgehead atoms. The number of rotatable bonds is 6. The van der Waals surface area contributed by atoms with Crippen molar-refractivity contribution in [3.63, 3.8) is 0 Å². The summed E-state index contributed by atoms with van der Waals surface area (Å²) in [6, 6.07) is 9.58. The topological polar surface area (TPSA) is 55.8 Å². The third kappa shape index (κ3) is 4.06. The summed E-state index contributed by atoms with van der Waals surface area (Å²) in [5.74, 6) is -0.729. The monoisotopic (exact) mass is 279 g/mol. The molecule has 1 aromatic rings. The van der Waals surface area contributed by atoms with Gasteiger partial charge in [-0.15, -0.1) is 0 Å². The van der Waals surface area contributed by atoms with E-state index >= 15 is 0 Å². The van der Waals surface area contributed by atoms with Gasteiger partial charge in [0.05, 0.1) is 13.7 Å². The average molecular weight is 279 g/mol. The van der Waals surface area contributed by atoms with Gasteiger partial charge in [-0.05, 0) is 19.4 Å². The fraction of sp³-hybridized carbons (Fsp3) is 0.467. The van der Waals surface area contributed by atoms with Crippen molar-refractivity contribution < 1.29 is 19.1 Å². The number of hydrogen-bond donors (Lipinski definition) is 0. The van der Waals surface area contributed by atoms with E-state index in [1.165, 1.54) is 12.0 Å². The Hall–Kier alpha value is -1.88. The van der Waals surface area contributed by atoms with Gasteiger partial charge in [0.1, 0.15) is 12.1 Å². The molecule has 1 amide bonds. The van der Waals surface area contributed by atoms with E-state index in [2.05, 4.69) is 4.74 Å². The molecule has 0 aromatic heterocycles. The zero-order valence-corrected chi connectivity index (χ0v) is 12.4. The number of carbonyl (C=O) groups is 2. The van der Waals surface area contributed by atoms with E-state index in [1.54, 1.807) is 20.9 Å². The Bertz CT molecular complexity index is 456. The third-order valence-electron chi connectivity index (χ3n) is 3.23. The standard InChI is InChI=1S/C15H21NO4/c1-15(2,14(18)19-4)16(3)13(17)11-20-10-12-8-6-5-7-9-12/h5-9H,10-11H2,1-4H3. The van der Waals surface area contributed by atoms with Crippen LogP contribution < -0.4 is 0 Å². The molecule has 0 aliphatic carbocycles. The second-order valence-electron chi connectivity index (χ2n) is 4.98. The summed E-state index contributed by atoms with van der Waals surface area (Å²) in [6.45, 7) is 3.55. The van der Waals surface area contributed by atoms with Crippen LogP contribution in [0.2, 0.25) is 0 Å². The van der Waals surface area contributed by atoms with Gasteiger partial charge in [-0.3, -0.25) is 4.79 Å². The van der Waals surface area contributed by atoms with Crippen LogP contribution in [0.1, 0.15) is 19.4 Å². The first-order valence-corrected chi connectivity index (χ1v) is 6.36. The average Bonchev–Trinajstić information content (AvgIpc) is 2.46. The lowest BCUT2D eigenvalue weighted by atomic mass is 10.0. The predicted octanol–water partition coefficient (Wildman–Crippen LogP) is 1.61. The quantitative estimate of drug-likeness (QED) is 0.742. The number of methoxy groups -OCH3 is 1. The molecule has 0 aliphatic heterocycles. The number of nitrogens with zero attached hydrogens (tertiary/aromatic N) is 1. The van der Waals surface area contributed by atoms with E-state index in [1.807, 2.05) is 30.3 Å². The molecule has 0 N–H and O–H groups in total. The second kappa shape index (κ2) is 7.05. The Morgan fingerprint density at radius 2 is 1.80 bits per heavy atom. The summed E-state index contributed by atoms with van der Waals surface area (Å²) >= 11 is 0. The van der Waals surface area contributed by atoms with Crippen LogP contribution in [0.5, 0.6) is 0 Å². The van der Waals surface area contributed by atoms with Crippen molar-refractivity contribution in [2.45, 2.75) is 26.0 Å². The van der Waals surface area contributed by atoms with E-state index < -0.39 is 11.5 Å². The number of likely N-dealkylation sites (N-methyl/N-ethyl adjacent to an activating group) is 1. The molecule has 0 radical (unpaired) electrons. The molecule has 0 aliphatic rings. The van der Waals surface area contributed by atoms with Crippen molar-refractivity contribution in [2.75, 3.05) is 20.8 Å². The first kappa shape index (κ1) is 16.2. The maximum Gasteiger partial charge on any atom is 0.331 e. The predicted molar refractivity (Wildman–Crippen MR) is 75.0 cm³/mol. The molecule has 110 valence electrons. The highest BCUT2D eigenvalue weighted by atomic mass is 16.5. The number of carbonyl (C=O) groups excluding carboxylic acids is 2. The molecule has 0 unspecified atom stereocenters. The number of benzene rings is 1. The number of ether oxygens (including phenoxy) is 2. The summed E-state index contributed by atoms with van der Waals surface area (Å²) in [5, 5.41) is 0. The van der Waals surface area contributed by atoms with Crippen molar-refractivity contribution >= 4 is 11.9 Å². The molecule has 0 saturated heterocycles. The Morgan fingerprint density at radius 1 is 1.20 bits per heavy atom. The molecule has 0 fully saturated rings. The summed E-state index contributed by atoms with van der Waals surface area (Å²) in [6.07, 6.45) is 0. The van der Waals surface area contributed by atoms with Crippen molar-refractivity contribution in [1.82, 2.24) is 4.90 Å². The lowest BCUT2D eigenvalue weighted by Crippen LogP contribution is -2.52. The van der Waals surface area contributed by atoms with Crippen LogP contribution in [-0.4, -0.2) is 43.1 Å². The minimum atomic E-state index is -1.01. The van der Waals surface area contributed by atoms with Gasteiger partial charge >= 0.3 is 5.97 Å². The van der Waals surface area contributed by atoms with E-state index in [0.717, 1.165) is 5.56 Å². The Balaban J connectivity index is 2.48. The van der Waals surface area contributed by atoms with Gasteiger partial charge in [0.2, 0.25) is 5.91 Å². The van der Waals surface area contributed by atoms with Crippen molar-refractivity contribution in [3.8, 4) is 0 Å². The molecule has 0 saturated carbocycles. The summed E-state index contributed by atoms with van der Waals surface area (Å²) in [4.78, 5) is 24.9. The maximum absolute atomic E-state index is 12.0. The highest BCUT2D eigenvalue weighted by molar-refractivity contribution is 5.87. The highest BCUT2D eigenvalue weighted by Crippen LogP contribution is 2.14. The Kier molecular flexibility index (Phi) is 5.70. The Labute approximate surface area is 119 Å². The summed E-state index contributed by atoms with van der Waals surface area (Å²) in [7, 11) is 2.86. The second-order valence-corrected chi connectivity index (χ2v) is 4.98.